The highest BCUT2D eigenvalue weighted by Crippen LogP contribution is 2.20. The van der Waals surface area contributed by atoms with Gasteiger partial charge in [0.15, 0.2) is 0 Å². The minimum absolute atomic E-state index is 0.176. The number of halogens is 1. The summed E-state index contributed by atoms with van der Waals surface area (Å²) in [5.41, 5.74) is 8.10. The highest BCUT2D eigenvalue weighted by Gasteiger charge is 2.10. The number of carbonyl (C=O) groups excluding carboxylic acids is 1. The van der Waals surface area contributed by atoms with Crippen molar-refractivity contribution < 1.29 is 4.79 Å². The second kappa shape index (κ2) is 5.31. The molecular formula is C12H12BrN5O. The molecule has 0 aliphatic carbocycles. The Morgan fingerprint density at radius 1 is 1.26 bits per heavy atom. The van der Waals surface area contributed by atoms with Crippen LogP contribution in [0.2, 0.25) is 0 Å². The Hall–Kier alpha value is -2.02. The van der Waals surface area contributed by atoms with Gasteiger partial charge in [0.05, 0.1) is 11.4 Å². The van der Waals surface area contributed by atoms with E-state index >= 15 is 0 Å². The molecule has 3 N–H and O–H groups in total. The van der Waals surface area contributed by atoms with Crippen LogP contribution >= 0.6 is 15.9 Å². The summed E-state index contributed by atoms with van der Waals surface area (Å²) in [6.07, 6.45) is 0. The van der Waals surface area contributed by atoms with Crippen molar-refractivity contribution in [2.24, 2.45) is 0 Å². The van der Waals surface area contributed by atoms with Gasteiger partial charge in [-0.3, -0.25) is 10.1 Å². The predicted molar refractivity (Wildman–Crippen MR) is 75.8 cm³/mol. The Labute approximate surface area is 118 Å². The second-order valence-electron chi connectivity index (χ2n) is 4.00. The zero-order valence-corrected chi connectivity index (χ0v) is 12.0. The largest absolute Gasteiger partial charge is 0.398 e. The summed E-state index contributed by atoms with van der Waals surface area (Å²) in [6.45, 7) is 3.60. The van der Waals surface area contributed by atoms with E-state index in [0.717, 1.165) is 15.9 Å². The molecule has 0 fully saturated rings. The van der Waals surface area contributed by atoms with Crippen LogP contribution in [0.3, 0.4) is 0 Å². The van der Waals surface area contributed by atoms with Gasteiger partial charge < -0.3 is 5.73 Å². The zero-order chi connectivity index (χ0) is 14.0. The van der Waals surface area contributed by atoms with E-state index in [4.69, 9.17) is 5.73 Å². The van der Waals surface area contributed by atoms with Crippen LogP contribution in [0.15, 0.2) is 22.7 Å². The number of nitrogens with zero attached hydrogens (tertiary/aromatic N) is 3. The number of nitrogens with two attached hydrogens (primary N) is 1. The van der Waals surface area contributed by atoms with Crippen LogP contribution in [0, 0.1) is 13.8 Å². The van der Waals surface area contributed by atoms with Gasteiger partial charge in [-0.05, 0) is 48.0 Å². The van der Waals surface area contributed by atoms with Gasteiger partial charge in [-0.2, -0.15) is 5.10 Å². The highest BCUT2D eigenvalue weighted by atomic mass is 79.9. The fourth-order valence-corrected chi connectivity index (χ4v) is 1.62. The van der Waals surface area contributed by atoms with Crippen molar-refractivity contribution in [3.8, 4) is 0 Å². The maximum absolute atomic E-state index is 12.0. The van der Waals surface area contributed by atoms with Crippen LogP contribution in [-0.4, -0.2) is 21.1 Å². The van der Waals surface area contributed by atoms with Gasteiger partial charge in [-0.25, -0.2) is 4.98 Å². The summed E-state index contributed by atoms with van der Waals surface area (Å²) in [4.78, 5) is 16.1. The minimum atomic E-state index is -0.329. The van der Waals surface area contributed by atoms with Gasteiger partial charge in [0.1, 0.15) is 0 Å². The Kier molecular flexibility index (Phi) is 3.75. The van der Waals surface area contributed by atoms with E-state index in [9.17, 15) is 4.79 Å². The van der Waals surface area contributed by atoms with Crippen LogP contribution in [0.5, 0.6) is 0 Å². The average Bonchev–Trinajstić information content (AvgIpc) is 2.37. The van der Waals surface area contributed by atoms with E-state index in [1.54, 1.807) is 32.0 Å². The van der Waals surface area contributed by atoms with Crippen molar-refractivity contribution in [2.75, 3.05) is 11.1 Å². The Morgan fingerprint density at radius 3 is 2.63 bits per heavy atom. The molecule has 98 valence electrons. The molecule has 0 saturated carbocycles. The first-order chi connectivity index (χ1) is 8.97. The molecule has 0 radical (unpaired) electrons. The number of rotatable bonds is 2. The molecule has 0 aliphatic rings. The maximum atomic E-state index is 12.0. The number of hydrogen-bond donors (Lipinski definition) is 2. The fourth-order valence-electron chi connectivity index (χ4n) is 1.37. The number of amides is 1. The summed E-state index contributed by atoms with van der Waals surface area (Å²) in [5, 5.41) is 10.3. The maximum Gasteiger partial charge on any atom is 0.258 e. The summed E-state index contributed by atoms with van der Waals surface area (Å²) < 4.78 is 0.744. The SMILES string of the molecule is Cc1nnc(NC(=O)c2ccc(Br)c(N)c2)nc1C. The number of nitrogens with one attached hydrogen (secondary N) is 1. The van der Waals surface area contributed by atoms with Gasteiger partial charge in [0.25, 0.3) is 5.91 Å². The minimum Gasteiger partial charge on any atom is -0.398 e. The van der Waals surface area contributed by atoms with E-state index in [2.05, 4.69) is 36.4 Å². The molecule has 2 aromatic rings. The van der Waals surface area contributed by atoms with Gasteiger partial charge in [0.2, 0.25) is 5.95 Å². The van der Waals surface area contributed by atoms with Crippen molar-refractivity contribution >= 4 is 33.5 Å². The first-order valence-electron chi connectivity index (χ1n) is 5.51. The van der Waals surface area contributed by atoms with Gasteiger partial charge in [-0.1, -0.05) is 0 Å². The molecule has 1 aromatic heterocycles. The lowest BCUT2D eigenvalue weighted by Crippen LogP contribution is -2.15. The molecule has 0 bridgehead atoms. The first kappa shape index (κ1) is 13.4. The Morgan fingerprint density at radius 2 is 2.00 bits per heavy atom. The molecule has 6 nitrogen and oxygen atoms in total. The summed E-state index contributed by atoms with van der Waals surface area (Å²) >= 11 is 3.27. The number of carbonyl (C=O) groups is 1. The van der Waals surface area contributed by atoms with Crippen LogP contribution in [0.1, 0.15) is 21.7 Å². The lowest BCUT2D eigenvalue weighted by atomic mass is 10.2. The van der Waals surface area contributed by atoms with E-state index in [-0.39, 0.29) is 11.9 Å². The van der Waals surface area contributed by atoms with Gasteiger partial charge >= 0.3 is 0 Å². The smallest absolute Gasteiger partial charge is 0.258 e. The van der Waals surface area contributed by atoms with Gasteiger partial charge in [0, 0.05) is 15.7 Å². The molecule has 19 heavy (non-hydrogen) atoms. The number of aromatic nitrogens is 3. The number of aryl methyl sites for hydroxylation is 2. The van der Waals surface area contributed by atoms with E-state index < -0.39 is 0 Å². The number of nitrogen functional groups attached to an aromatic ring is 1. The summed E-state index contributed by atoms with van der Waals surface area (Å²) in [7, 11) is 0. The molecule has 0 saturated heterocycles. The topological polar surface area (TPSA) is 93.8 Å². The standard InChI is InChI=1S/C12H12BrN5O/c1-6-7(2)17-18-12(15-6)16-11(19)8-3-4-9(13)10(14)5-8/h3-5H,14H2,1-2H3,(H,15,16,18,19). The normalized spacial score (nSPS) is 10.3. The molecule has 0 aliphatic heterocycles. The van der Waals surface area contributed by atoms with Crippen molar-refractivity contribution in [3.05, 3.63) is 39.6 Å². The summed E-state index contributed by atoms with van der Waals surface area (Å²) in [6, 6.07) is 4.95. The third-order valence-corrected chi connectivity index (χ3v) is 3.30. The van der Waals surface area contributed by atoms with E-state index in [1.807, 2.05) is 0 Å². The molecule has 0 atom stereocenters. The van der Waals surface area contributed by atoms with Crippen molar-refractivity contribution in [3.63, 3.8) is 0 Å². The Balaban J connectivity index is 2.20. The van der Waals surface area contributed by atoms with Crippen molar-refractivity contribution in [1.29, 1.82) is 0 Å². The lowest BCUT2D eigenvalue weighted by molar-refractivity contribution is 0.102. The fraction of sp³-hybridized carbons (Fsp3) is 0.167. The predicted octanol–water partition coefficient (Wildman–Crippen LogP) is 2.09. The lowest BCUT2D eigenvalue weighted by Gasteiger charge is -2.06. The molecule has 0 spiro atoms. The molecule has 1 heterocycles. The van der Waals surface area contributed by atoms with E-state index in [0.29, 0.717) is 11.3 Å². The molecule has 7 heteroatoms. The third-order valence-electron chi connectivity index (χ3n) is 2.58. The summed E-state index contributed by atoms with van der Waals surface area (Å²) in [5.74, 6) is -0.154. The van der Waals surface area contributed by atoms with Crippen LogP contribution in [-0.2, 0) is 0 Å². The number of benzene rings is 1. The Bertz CT molecular complexity index is 644. The first-order valence-corrected chi connectivity index (χ1v) is 6.31. The van der Waals surface area contributed by atoms with Crippen LogP contribution in [0.25, 0.3) is 0 Å². The third kappa shape index (κ3) is 3.05. The quantitative estimate of drug-likeness (QED) is 0.826. The van der Waals surface area contributed by atoms with Crippen LogP contribution in [0.4, 0.5) is 11.6 Å². The van der Waals surface area contributed by atoms with Crippen molar-refractivity contribution in [2.45, 2.75) is 13.8 Å². The molecule has 1 amide bonds. The molecular weight excluding hydrogens is 310 g/mol. The monoisotopic (exact) mass is 321 g/mol. The number of hydrogen-bond acceptors (Lipinski definition) is 5. The highest BCUT2D eigenvalue weighted by molar-refractivity contribution is 9.10. The van der Waals surface area contributed by atoms with Gasteiger partial charge in [-0.15, -0.1) is 5.10 Å². The molecule has 0 unspecified atom stereocenters. The number of anilines is 2. The molecule has 1 aromatic carbocycles. The molecule has 2 rings (SSSR count). The van der Waals surface area contributed by atoms with Crippen molar-refractivity contribution in [1.82, 2.24) is 15.2 Å². The zero-order valence-electron chi connectivity index (χ0n) is 10.4. The average molecular weight is 322 g/mol. The van der Waals surface area contributed by atoms with Crippen LogP contribution < -0.4 is 11.1 Å². The second-order valence-corrected chi connectivity index (χ2v) is 4.85. The van der Waals surface area contributed by atoms with E-state index in [1.165, 1.54) is 0 Å².